The van der Waals surface area contributed by atoms with Crippen LogP contribution >= 0.6 is 24.0 Å². The number of halogens is 4. The molecule has 0 spiro atoms. The Bertz CT molecular complexity index is 522. The standard InChI is InChI=1S/C16H24F3N3O.HI/c1-11(2)12(3)22-15(20-4)21-9-13-6-5-7-14(8-13)23-10-16(17,18)19;/h5-8,11-12H,9-10H2,1-4H3,(H2,20,21,22);1H. The fourth-order valence-corrected chi connectivity index (χ4v) is 1.67. The molecule has 0 aliphatic rings. The molecule has 0 saturated carbocycles. The zero-order chi connectivity index (χ0) is 17.5. The number of hydrogen-bond acceptors (Lipinski definition) is 2. The second kappa shape index (κ2) is 10.6. The molecular formula is C16H25F3IN3O. The van der Waals surface area contributed by atoms with Crippen molar-refractivity contribution in [1.29, 1.82) is 0 Å². The van der Waals surface area contributed by atoms with Crippen molar-refractivity contribution in [2.45, 2.75) is 39.5 Å². The van der Waals surface area contributed by atoms with E-state index in [0.29, 0.717) is 18.4 Å². The zero-order valence-electron chi connectivity index (χ0n) is 14.3. The predicted octanol–water partition coefficient (Wildman–Crippen LogP) is 3.96. The third-order valence-corrected chi connectivity index (χ3v) is 3.35. The van der Waals surface area contributed by atoms with E-state index in [4.69, 9.17) is 4.74 Å². The summed E-state index contributed by atoms with van der Waals surface area (Å²) in [6.07, 6.45) is -4.34. The van der Waals surface area contributed by atoms with Crippen molar-refractivity contribution in [3.63, 3.8) is 0 Å². The quantitative estimate of drug-likeness (QED) is 0.385. The van der Waals surface area contributed by atoms with Gasteiger partial charge in [-0.25, -0.2) is 0 Å². The van der Waals surface area contributed by atoms with E-state index in [1.807, 2.05) is 6.07 Å². The lowest BCUT2D eigenvalue weighted by atomic mass is 10.1. The van der Waals surface area contributed by atoms with E-state index in [1.54, 1.807) is 19.2 Å². The maximum Gasteiger partial charge on any atom is 0.422 e. The number of rotatable bonds is 6. The van der Waals surface area contributed by atoms with Gasteiger partial charge in [-0.05, 0) is 30.5 Å². The minimum absolute atomic E-state index is 0. The Morgan fingerprint density at radius 2 is 1.92 bits per heavy atom. The molecule has 24 heavy (non-hydrogen) atoms. The summed E-state index contributed by atoms with van der Waals surface area (Å²) in [6, 6.07) is 6.81. The Kier molecular flexibility index (Phi) is 10.1. The number of hydrogen-bond donors (Lipinski definition) is 2. The molecule has 0 heterocycles. The highest BCUT2D eigenvalue weighted by Gasteiger charge is 2.28. The minimum atomic E-state index is -4.34. The van der Waals surface area contributed by atoms with Crippen LogP contribution in [0.25, 0.3) is 0 Å². The first-order valence-electron chi connectivity index (χ1n) is 7.47. The van der Waals surface area contributed by atoms with Crippen LogP contribution in [0.4, 0.5) is 13.2 Å². The Labute approximate surface area is 158 Å². The van der Waals surface area contributed by atoms with Crippen molar-refractivity contribution in [3.8, 4) is 5.75 Å². The van der Waals surface area contributed by atoms with Gasteiger partial charge in [-0.1, -0.05) is 26.0 Å². The first-order chi connectivity index (χ1) is 10.7. The summed E-state index contributed by atoms with van der Waals surface area (Å²) in [5.74, 6) is 1.29. The summed E-state index contributed by atoms with van der Waals surface area (Å²) >= 11 is 0. The topological polar surface area (TPSA) is 45.7 Å². The lowest BCUT2D eigenvalue weighted by molar-refractivity contribution is -0.153. The molecule has 0 saturated heterocycles. The maximum atomic E-state index is 12.2. The molecule has 1 atom stereocenters. The van der Waals surface area contributed by atoms with E-state index >= 15 is 0 Å². The van der Waals surface area contributed by atoms with Gasteiger partial charge in [-0.2, -0.15) is 13.2 Å². The molecule has 0 aromatic heterocycles. The molecule has 1 aromatic rings. The van der Waals surface area contributed by atoms with E-state index in [1.165, 1.54) is 6.07 Å². The molecule has 0 fully saturated rings. The van der Waals surface area contributed by atoms with Crippen molar-refractivity contribution in [1.82, 2.24) is 10.6 Å². The molecule has 0 radical (unpaired) electrons. The molecule has 138 valence electrons. The van der Waals surface area contributed by atoms with Gasteiger partial charge in [-0.15, -0.1) is 24.0 Å². The van der Waals surface area contributed by atoms with Crippen molar-refractivity contribution in [2.24, 2.45) is 10.9 Å². The fraction of sp³-hybridized carbons (Fsp3) is 0.562. The van der Waals surface area contributed by atoms with Gasteiger partial charge in [0, 0.05) is 19.6 Å². The maximum absolute atomic E-state index is 12.2. The Balaban J connectivity index is 0.00000529. The predicted molar refractivity (Wildman–Crippen MR) is 101 cm³/mol. The zero-order valence-corrected chi connectivity index (χ0v) is 16.6. The van der Waals surface area contributed by atoms with Crippen LogP contribution in [0.5, 0.6) is 5.75 Å². The summed E-state index contributed by atoms with van der Waals surface area (Å²) in [4.78, 5) is 4.13. The van der Waals surface area contributed by atoms with Gasteiger partial charge in [0.15, 0.2) is 12.6 Å². The van der Waals surface area contributed by atoms with Crippen LogP contribution in [0.2, 0.25) is 0 Å². The average Bonchev–Trinajstić information content (AvgIpc) is 2.48. The fourth-order valence-electron chi connectivity index (χ4n) is 1.67. The van der Waals surface area contributed by atoms with Gasteiger partial charge in [0.1, 0.15) is 5.75 Å². The minimum Gasteiger partial charge on any atom is -0.484 e. The van der Waals surface area contributed by atoms with Gasteiger partial charge in [0.25, 0.3) is 0 Å². The van der Waals surface area contributed by atoms with Crippen LogP contribution in [-0.4, -0.2) is 31.8 Å². The summed E-state index contributed by atoms with van der Waals surface area (Å²) < 4.78 is 41.2. The average molecular weight is 459 g/mol. The number of nitrogens with zero attached hydrogens (tertiary/aromatic N) is 1. The van der Waals surface area contributed by atoms with Crippen molar-refractivity contribution in [2.75, 3.05) is 13.7 Å². The summed E-state index contributed by atoms with van der Waals surface area (Å²) in [5, 5.41) is 6.39. The Hall–Kier alpha value is -1.19. The molecule has 2 N–H and O–H groups in total. The number of benzene rings is 1. The Morgan fingerprint density at radius 1 is 1.25 bits per heavy atom. The third-order valence-electron chi connectivity index (χ3n) is 3.35. The molecule has 1 aromatic carbocycles. The highest BCUT2D eigenvalue weighted by atomic mass is 127. The van der Waals surface area contributed by atoms with Crippen LogP contribution in [0.3, 0.4) is 0 Å². The first kappa shape index (κ1) is 22.8. The van der Waals surface area contributed by atoms with E-state index in [0.717, 1.165) is 5.56 Å². The van der Waals surface area contributed by atoms with Gasteiger partial charge in [-0.3, -0.25) is 4.99 Å². The largest absolute Gasteiger partial charge is 0.484 e. The third kappa shape index (κ3) is 9.19. The van der Waals surface area contributed by atoms with E-state index < -0.39 is 12.8 Å². The first-order valence-corrected chi connectivity index (χ1v) is 7.47. The lowest BCUT2D eigenvalue weighted by Crippen LogP contribution is -2.43. The van der Waals surface area contributed by atoms with E-state index in [9.17, 15) is 13.2 Å². The highest BCUT2D eigenvalue weighted by molar-refractivity contribution is 14.0. The summed E-state index contributed by atoms with van der Waals surface area (Å²) in [5.41, 5.74) is 0.810. The number of aliphatic imine (C=N–C) groups is 1. The van der Waals surface area contributed by atoms with Crippen LogP contribution in [0.1, 0.15) is 26.3 Å². The second-order valence-corrected chi connectivity index (χ2v) is 5.65. The van der Waals surface area contributed by atoms with Crippen LogP contribution < -0.4 is 15.4 Å². The van der Waals surface area contributed by atoms with Gasteiger partial charge >= 0.3 is 6.18 Å². The normalized spacial score (nSPS) is 13.2. The number of ether oxygens (including phenoxy) is 1. The molecule has 1 rings (SSSR count). The second-order valence-electron chi connectivity index (χ2n) is 5.65. The van der Waals surface area contributed by atoms with Crippen molar-refractivity contribution >= 4 is 29.9 Å². The molecule has 0 amide bonds. The molecule has 4 nitrogen and oxygen atoms in total. The molecule has 0 aliphatic heterocycles. The number of guanidine groups is 1. The number of alkyl halides is 3. The smallest absolute Gasteiger partial charge is 0.422 e. The lowest BCUT2D eigenvalue weighted by Gasteiger charge is -2.20. The summed E-state index contributed by atoms with van der Waals surface area (Å²) in [7, 11) is 1.67. The molecule has 1 unspecified atom stereocenters. The van der Waals surface area contributed by atoms with Gasteiger partial charge in [0.05, 0.1) is 0 Å². The number of nitrogens with one attached hydrogen (secondary N) is 2. The molecule has 0 aliphatic carbocycles. The van der Waals surface area contributed by atoms with Gasteiger partial charge in [0.2, 0.25) is 0 Å². The van der Waals surface area contributed by atoms with E-state index in [-0.39, 0.29) is 35.8 Å². The monoisotopic (exact) mass is 459 g/mol. The molecular weight excluding hydrogens is 434 g/mol. The molecule has 8 heteroatoms. The van der Waals surface area contributed by atoms with Crippen molar-refractivity contribution in [3.05, 3.63) is 29.8 Å². The van der Waals surface area contributed by atoms with Crippen molar-refractivity contribution < 1.29 is 17.9 Å². The van der Waals surface area contributed by atoms with Crippen LogP contribution in [0, 0.1) is 5.92 Å². The summed E-state index contributed by atoms with van der Waals surface area (Å²) in [6.45, 7) is 5.41. The van der Waals surface area contributed by atoms with E-state index in [2.05, 4.69) is 36.4 Å². The van der Waals surface area contributed by atoms with Gasteiger partial charge < -0.3 is 15.4 Å². The highest BCUT2D eigenvalue weighted by Crippen LogP contribution is 2.19. The Morgan fingerprint density at radius 3 is 2.46 bits per heavy atom. The van der Waals surface area contributed by atoms with Crippen LogP contribution in [-0.2, 0) is 6.54 Å². The SMILES string of the molecule is CN=C(NCc1cccc(OCC(F)(F)F)c1)NC(C)C(C)C.I. The molecule has 0 bridgehead atoms. The van der Waals surface area contributed by atoms with Crippen LogP contribution in [0.15, 0.2) is 29.3 Å².